The highest BCUT2D eigenvalue weighted by Gasteiger charge is 2.22. The van der Waals surface area contributed by atoms with Crippen LogP contribution in [0.3, 0.4) is 0 Å². The maximum absolute atomic E-state index is 12.8. The van der Waals surface area contributed by atoms with Gasteiger partial charge in [-0.25, -0.2) is 4.39 Å². The molecule has 1 aliphatic rings. The number of ketones is 1. The lowest BCUT2D eigenvalue weighted by Gasteiger charge is -2.31. The van der Waals surface area contributed by atoms with Crippen molar-refractivity contribution in [1.29, 1.82) is 0 Å². The van der Waals surface area contributed by atoms with Crippen molar-refractivity contribution in [3.63, 3.8) is 0 Å². The van der Waals surface area contributed by atoms with Crippen LogP contribution in [0.4, 0.5) is 4.39 Å². The van der Waals surface area contributed by atoms with Crippen LogP contribution in [0.1, 0.15) is 37.2 Å². The van der Waals surface area contributed by atoms with Crippen LogP contribution in [-0.4, -0.2) is 35.3 Å². The second kappa shape index (κ2) is 6.24. The van der Waals surface area contributed by atoms with Crippen LogP contribution in [0.5, 0.6) is 0 Å². The predicted molar refractivity (Wildman–Crippen MR) is 72.5 cm³/mol. The molecule has 0 radical (unpaired) electrons. The minimum Gasteiger partial charge on any atom is -0.303 e. The van der Waals surface area contributed by atoms with Gasteiger partial charge >= 0.3 is 0 Å². The van der Waals surface area contributed by atoms with Crippen molar-refractivity contribution in [3.8, 4) is 0 Å². The number of rotatable bonds is 4. The summed E-state index contributed by atoms with van der Waals surface area (Å²) in [5, 5.41) is 0. The molecule has 1 fully saturated rings. The minimum atomic E-state index is -0.408. The monoisotopic (exact) mass is 264 g/mol. The van der Waals surface area contributed by atoms with Gasteiger partial charge in [0.05, 0.1) is 6.20 Å². The first kappa shape index (κ1) is 14.1. The van der Waals surface area contributed by atoms with Gasteiger partial charge in [0.25, 0.3) is 0 Å². The second-order valence-corrected chi connectivity index (χ2v) is 5.61. The smallest absolute Gasteiger partial charge is 0.185 e. The average Bonchev–Trinajstić information content (AvgIpc) is 2.41. The molecule has 4 heteroatoms. The summed E-state index contributed by atoms with van der Waals surface area (Å²) in [6.07, 6.45) is 3.51. The van der Waals surface area contributed by atoms with Gasteiger partial charge in [0, 0.05) is 12.5 Å². The molecule has 1 aromatic rings. The maximum Gasteiger partial charge on any atom is 0.185 e. The first-order valence-corrected chi connectivity index (χ1v) is 6.94. The molecule has 104 valence electrons. The number of carbonyl (C=O) groups excluding carboxylic acids is 1. The van der Waals surface area contributed by atoms with Crippen molar-refractivity contribution in [3.05, 3.63) is 29.8 Å². The van der Waals surface area contributed by atoms with E-state index < -0.39 is 5.82 Å². The third kappa shape index (κ3) is 3.83. The number of hydrogen-bond donors (Lipinski definition) is 0. The molecule has 1 aliphatic heterocycles. The summed E-state index contributed by atoms with van der Waals surface area (Å²) >= 11 is 0. The van der Waals surface area contributed by atoms with Gasteiger partial charge in [-0.05, 0) is 44.0 Å². The number of likely N-dealkylation sites (tertiary alicyclic amines) is 1. The number of Topliss-reactive ketones (excluding diaryl/α,β-unsaturated/α-hetero) is 1. The Kier molecular flexibility index (Phi) is 4.64. The van der Waals surface area contributed by atoms with E-state index in [4.69, 9.17) is 0 Å². The Morgan fingerprint density at radius 3 is 2.74 bits per heavy atom. The predicted octanol–water partition coefficient (Wildman–Crippen LogP) is 2.77. The Balaban J connectivity index is 1.90. The van der Waals surface area contributed by atoms with Gasteiger partial charge in [0.15, 0.2) is 5.78 Å². The molecule has 1 unspecified atom stereocenters. The van der Waals surface area contributed by atoms with Crippen molar-refractivity contribution < 1.29 is 9.18 Å². The van der Waals surface area contributed by atoms with Gasteiger partial charge < -0.3 is 4.90 Å². The van der Waals surface area contributed by atoms with E-state index in [1.165, 1.54) is 25.0 Å². The van der Waals surface area contributed by atoms with E-state index in [0.29, 0.717) is 5.69 Å². The first-order valence-electron chi connectivity index (χ1n) is 6.94. The number of hydrogen-bond acceptors (Lipinski definition) is 3. The molecule has 1 aromatic heterocycles. The molecule has 0 aliphatic carbocycles. The summed E-state index contributed by atoms with van der Waals surface area (Å²) < 4.78 is 12.8. The fourth-order valence-corrected chi connectivity index (χ4v) is 2.49. The SMILES string of the molecule is CC1CCN(CC(C)C(=O)c2ccc(F)cn2)CC1. The Hall–Kier alpha value is -1.29. The van der Waals surface area contributed by atoms with E-state index in [0.717, 1.165) is 31.7 Å². The van der Waals surface area contributed by atoms with Gasteiger partial charge in [-0.1, -0.05) is 13.8 Å². The maximum atomic E-state index is 12.8. The summed E-state index contributed by atoms with van der Waals surface area (Å²) in [7, 11) is 0. The molecule has 2 heterocycles. The highest BCUT2D eigenvalue weighted by Crippen LogP contribution is 2.18. The second-order valence-electron chi connectivity index (χ2n) is 5.61. The molecule has 0 spiro atoms. The van der Waals surface area contributed by atoms with E-state index in [1.54, 1.807) is 0 Å². The molecular formula is C15H21FN2O. The van der Waals surface area contributed by atoms with Gasteiger partial charge in [-0.2, -0.15) is 0 Å². The first-order chi connectivity index (χ1) is 9.06. The van der Waals surface area contributed by atoms with Crippen LogP contribution in [0, 0.1) is 17.7 Å². The van der Waals surface area contributed by atoms with Crippen molar-refractivity contribution in [1.82, 2.24) is 9.88 Å². The third-order valence-electron chi connectivity index (χ3n) is 3.84. The van der Waals surface area contributed by atoms with Crippen LogP contribution in [0.2, 0.25) is 0 Å². The van der Waals surface area contributed by atoms with Crippen LogP contribution < -0.4 is 0 Å². The van der Waals surface area contributed by atoms with Gasteiger partial charge in [0.2, 0.25) is 0 Å². The molecule has 1 saturated heterocycles. The average molecular weight is 264 g/mol. The number of aromatic nitrogens is 1. The summed E-state index contributed by atoms with van der Waals surface area (Å²) in [4.78, 5) is 18.4. The topological polar surface area (TPSA) is 33.2 Å². The third-order valence-corrected chi connectivity index (χ3v) is 3.84. The lowest BCUT2D eigenvalue weighted by molar-refractivity contribution is 0.0867. The molecule has 3 nitrogen and oxygen atoms in total. The van der Waals surface area contributed by atoms with Crippen molar-refractivity contribution in [2.24, 2.45) is 11.8 Å². The van der Waals surface area contributed by atoms with Crippen LogP contribution in [0.15, 0.2) is 18.3 Å². The van der Waals surface area contributed by atoms with Gasteiger partial charge in [-0.15, -0.1) is 0 Å². The van der Waals surface area contributed by atoms with E-state index in [-0.39, 0.29) is 11.7 Å². The number of halogens is 1. The molecule has 2 rings (SSSR count). The van der Waals surface area contributed by atoms with Crippen LogP contribution >= 0.6 is 0 Å². The number of piperidine rings is 1. The molecule has 0 aromatic carbocycles. The molecule has 19 heavy (non-hydrogen) atoms. The molecule has 0 N–H and O–H groups in total. The normalized spacial score (nSPS) is 19.3. The summed E-state index contributed by atoms with van der Waals surface area (Å²) in [5.41, 5.74) is 0.360. The Bertz CT molecular complexity index is 424. The fourth-order valence-electron chi connectivity index (χ4n) is 2.49. The zero-order valence-corrected chi connectivity index (χ0v) is 11.6. The molecule has 1 atom stereocenters. The molecule has 0 amide bonds. The van der Waals surface area contributed by atoms with Gasteiger partial charge in [0.1, 0.15) is 11.5 Å². The fraction of sp³-hybridized carbons (Fsp3) is 0.600. The number of carbonyl (C=O) groups is 1. The highest BCUT2D eigenvalue weighted by atomic mass is 19.1. The minimum absolute atomic E-state index is 0.00128. The Morgan fingerprint density at radius 2 is 2.16 bits per heavy atom. The van der Waals surface area contributed by atoms with E-state index in [2.05, 4.69) is 16.8 Å². The van der Waals surface area contributed by atoms with E-state index in [9.17, 15) is 9.18 Å². The number of nitrogens with zero attached hydrogens (tertiary/aromatic N) is 2. The lowest BCUT2D eigenvalue weighted by atomic mass is 9.96. The van der Waals surface area contributed by atoms with E-state index in [1.807, 2.05) is 6.92 Å². The Labute approximate surface area is 113 Å². The Morgan fingerprint density at radius 1 is 1.47 bits per heavy atom. The van der Waals surface area contributed by atoms with Crippen LogP contribution in [0.25, 0.3) is 0 Å². The number of pyridine rings is 1. The summed E-state index contributed by atoms with van der Waals surface area (Å²) in [5.74, 6) is 0.292. The van der Waals surface area contributed by atoms with Crippen molar-refractivity contribution >= 4 is 5.78 Å². The van der Waals surface area contributed by atoms with Crippen molar-refractivity contribution in [2.75, 3.05) is 19.6 Å². The highest BCUT2D eigenvalue weighted by molar-refractivity contribution is 5.95. The lowest BCUT2D eigenvalue weighted by Crippen LogP contribution is -2.37. The molecular weight excluding hydrogens is 243 g/mol. The van der Waals surface area contributed by atoms with Gasteiger partial charge in [-0.3, -0.25) is 9.78 Å². The van der Waals surface area contributed by atoms with Crippen LogP contribution in [-0.2, 0) is 0 Å². The van der Waals surface area contributed by atoms with Crippen molar-refractivity contribution in [2.45, 2.75) is 26.7 Å². The molecule has 0 bridgehead atoms. The summed E-state index contributed by atoms with van der Waals surface area (Å²) in [6, 6.07) is 2.75. The zero-order chi connectivity index (χ0) is 13.8. The molecule has 0 saturated carbocycles. The quantitative estimate of drug-likeness (QED) is 0.784. The van der Waals surface area contributed by atoms with E-state index >= 15 is 0 Å². The largest absolute Gasteiger partial charge is 0.303 e. The zero-order valence-electron chi connectivity index (χ0n) is 11.6. The standard InChI is InChI=1S/C15H21FN2O/c1-11-5-7-18(8-6-11)10-12(2)15(19)14-4-3-13(16)9-17-14/h3-4,9,11-12H,5-8,10H2,1-2H3. The summed E-state index contributed by atoms with van der Waals surface area (Å²) in [6.45, 7) is 7.09.